The van der Waals surface area contributed by atoms with Crippen LogP contribution in [0.15, 0.2) is 48.7 Å². The highest BCUT2D eigenvalue weighted by molar-refractivity contribution is 6.31. The molecule has 0 aliphatic heterocycles. The molecule has 1 aliphatic rings. The van der Waals surface area contributed by atoms with Crippen molar-refractivity contribution < 1.29 is 9.50 Å². The molecule has 2 aromatic heterocycles. The van der Waals surface area contributed by atoms with Gasteiger partial charge in [-0.25, -0.2) is 9.37 Å². The normalized spacial score (nSPS) is 20.6. The Hall–Kier alpha value is -2.50. The van der Waals surface area contributed by atoms with E-state index in [1.165, 1.54) is 11.6 Å². The molecular formula is C24H23ClFN3O. The number of pyridine rings is 1. The summed E-state index contributed by atoms with van der Waals surface area (Å²) in [6.45, 7) is 0.0618. The molecule has 154 valence electrons. The second-order valence-corrected chi connectivity index (χ2v) is 8.68. The first-order valence-corrected chi connectivity index (χ1v) is 10.8. The third-order valence-electron chi connectivity index (χ3n) is 6.53. The smallest absolute Gasteiger partial charge is 0.123 e. The summed E-state index contributed by atoms with van der Waals surface area (Å²) in [5, 5.41) is 11.7. The van der Waals surface area contributed by atoms with E-state index in [1.807, 2.05) is 30.5 Å². The number of hydrogen-bond acceptors (Lipinski definition) is 3. The standard InChI is InChI=1S/C24H23ClFN3O/c25-16-5-7-22-23(11-16)29-24(28-22)20(13-30)15-3-1-14(2-4-15)18-9-10-27-21-8-6-17(26)12-19(18)21/h5-12,14-15,20,30H,1-4,13H2,(H,28,29)/t14-,15+,20?. The van der Waals surface area contributed by atoms with Crippen molar-refractivity contribution in [1.29, 1.82) is 0 Å². The Morgan fingerprint density at radius 3 is 2.70 bits per heavy atom. The zero-order valence-corrected chi connectivity index (χ0v) is 17.2. The second kappa shape index (κ2) is 7.97. The topological polar surface area (TPSA) is 61.8 Å². The Kier molecular flexibility index (Phi) is 5.17. The van der Waals surface area contributed by atoms with E-state index in [1.54, 1.807) is 12.1 Å². The van der Waals surface area contributed by atoms with Gasteiger partial charge in [0.2, 0.25) is 0 Å². The minimum absolute atomic E-state index is 0.0243. The summed E-state index contributed by atoms with van der Waals surface area (Å²) in [6.07, 6.45) is 5.81. The first kappa shape index (κ1) is 19.5. The van der Waals surface area contributed by atoms with E-state index in [2.05, 4.69) is 9.97 Å². The number of aromatic amines is 1. The zero-order valence-electron chi connectivity index (χ0n) is 16.5. The van der Waals surface area contributed by atoms with Gasteiger partial charge in [0.15, 0.2) is 0 Å². The lowest BCUT2D eigenvalue weighted by molar-refractivity contribution is 0.185. The number of fused-ring (bicyclic) bond motifs is 2. The number of benzene rings is 2. The molecule has 0 radical (unpaired) electrons. The minimum atomic E-state index is -0.226. The molecule has 1 atom stereocenters. The highest BCUT2D eigenvalue weighted by atomic mass is 35.5. The fourth-order valence-corrected chi connectivity index (χ4v) is 5.13. The molecule has 1 saturated carbocycles. The molecular weight excluding hydrogens is 401 g/mol. The summed E-state index contributed by atoms with van der Waals surface area (Å²) >= 11 is 6.08. The largest absolute Gasteiger partial charge is 0.396 e. The van der Waals surface area contributed by atoms with Crippen molar-refractivity contribution in [2.45, 2.75) is 37.5 Å². The summed E-state index contributed by atoms with van der Waals surface area (Å²) in [4.78, 5) is 12.4. The van der Waals surface area contributed by atoms with Crippen LogP contribution in [0.3, 0.4) is 0 Å². The number of rotatable bonds is 4. The quantitative estimate of drug-likeness (QED) is 0.426. The third kappa shape index (κ3) is 3.57. The van der Waals surface area contributed by atoms with Crippen molar-refractivity contribution in [3.8, 4) is 0 Å². The van der Waals surface area contributed by atoms with E-state index in [9.17, 15) is 9.50 Å². The average Bonchev–Trinajstić information content (AvgIpc) is 3.17. The fraction of sp³-hybridized carbons (Fsp3) is 0.333. The van der Waals surface area contributed by atoms with Crippen LogP contribution in [0.4, 0.5) is 4.39 Å². The molecule has 4 aromatic rings. The first-order valence-electron chi connectivity index (χ1n) is 10.4. The van der Waals surface area contributed by atoms with Gasteiger partial charge in [-0.2, -0.15) is 0 Å². The van der Waals surface area contributed by atoms with Crippen LogP contribution < -0.4 is 0 Å². The number of aliphatic hydroxyl groups excluding tert-OH is 1. The van der Waals surface area contributed by atoms with Gasteiger partial charge in [0.25, 0.3) is 0 Å². The van der Waals surface area contributed by atoms with Gasteiger partial charge in [-0.15, -0.1) is 0 Å². The Bertz CT molecular complexity index is 1200. The molecule has 6 heteroatoms. The number of H-pyrrole nitrogens is 1. The first-order chi connectivity index (χ1) is 14.6. The molecule has 1 unspecified atom stereocenters. The van der Waals surface area contributed by atoms with Crippen molar-refractivity contribution in [3.63, 3.8) is 0 Å². The Balaban J connectivity index is 1.36. The van der Waals surface area contributed by atoms with Gasteiger partial charge in [-0.3, -0.25) is 4.98 Å². The zero-order chi connectivity index (χ0) is 20.7. The SMILES string of the molecule is OCC(c1nc2cc(Cl)ccc2[nH]1)[C@H]1CC[C@@H](c2ccnc3ccc(F)cc32)CC1. The molecule has 1 fully saturated rings. The monoisotopic (exact) mass is 423 g/mol. The molecule has 2 N–H and O–H groups in total. The summed E-state index contributed by atoms with van der Waals surface area (Å²) in [5.74, 6) is 1.31. The number of halogens is 2. The number of aliphatic hydroxyl groups is 1. The maximum atomic E-state index is 13.8. The molecule has 0 spiro atoms. The van der Waals surface area contributed by atoms with E-state index < -0.39 is 0 Å². The van der Waals surface area contributed by atoms with E-state index in [0.29, 0.717) is 16.9 Å². The molecule has 4 nitrogen and oxygen atoms in total. The van der Waals surface area contributed by atoms with Crippen molar-refractivity contribution >= 4 is 33.5 Å². The molecule has 5 rings (SSSR count). The van der Waals surface area contributed by atoms with Crippen LogP contribution in [0.25, 0.3) is 21.9 Å². The number of aromatic nitrogens is 3. The van der Waals surface area contributed by atoms with Gasteiger partial charge < -0.3 is 10.1 Å². The predicted octanol–water partition coefficient (Wildman–Crippen LogP) is 5.95. The molecule has 2 aromatic carbocycles. The van der Waals surface area contributed by atoms with E-state index in [0.717, 1.165) is 53.4 Å². The van der Waals surface area contributed by atoms with E-state index in [-0.39, 0.29) is 18.3 Å². The van der Waals surface area contributed by atoms with Gasteiger partial charge in [0.05, 0.1) is 23.2 Å². The maximum absolute atomic E-state index is 13.8. The van der Waals surface area contributed by atoms with Crippen LogP contribution in [-0.4, -0.2) is 26.7 Å². The summed E-state index contributed by atoms with van der Waals surface area (Å²) < 4.78 is 13.8. The van der Waals surface area contributed by atoms with Crippen molar-refractivity contribution in [1.82, 2.24) is 15.0 Å². The number of nitrogens with one attached hydrogen (secondary N) is 1. The van der Waals surface area contributed by atoms with Gasteiger partial charge >= 0.3 is 0 Å². The lowest BCUT2D eigenvalue weighted by Crippen LogP contribution is -2.23. The highest BCUT2D eigenvalue weighted by Crippen LogP contribution is 2.43. The van der Waals surface area contributed by atoms with Crippen LogP contribution in [0.2, 0.25) is 5.02 Å². The third-order valence-corrected chi connectivity index (χ3v) is 6.76. The molecule has 1 aliphatic carbocycles. The molecule has 30 heavy (non-hydrogen) atoms. The highest BCUT2D eigenvalue weighted by Gasteiger charge is 2.31. The van der Waals surface area contributed by atoms with Gasteiger partial charge in [0, 0.05) is 22.5 Å². The van der Waals surface area contributed by atoms with Gasteiger partial charge in [0.1, 0.15) is 11.6 Å². The summed E-state index contributed by atoms with van der Waals surface area (Å²) in [6, 6.07) is 12.4. The van der Waals surface area contributed by atoms with E-state index >= 15 is 0 Å². The minimum Gasteiger partial charge on any atom is -0.396 e. The van der Waals surface area contributed by atoms with Crippen molar-refractivity contribution in [2.24, 2.45) is 5.92 Å². The fourth-order valence-electron chi connectivity index (χ4n) is 4.96. The number of imidazole rings is 1. The predicted molar refractivity (Wildman–Crippen MR) is 117 cm³/mol. The summed E-state index contributed by atoms with van der Waals surface area (Å²) in [5.41, 5.74) is 3.78. The number of hydrogen-bond donors (Lipinski definition) is 2. The van der Waals surface area contributed by atoms with Crippen LogP contribution in [0.5, 0.6) is 0 Å². The van der Waals surface area contributed by atoms with Gasteiger partial charge in [-0.1, -0.05) is 11.6 Å². The molecule has 2 heterocycles. The molecule has 0 amide bonds. The van der Waals surface area contributed by atoms with Crippen LogP contribution >= 0.6 is 11.6 Å². The molecule has 0 saturated heterocycles. The Labute approximate surface area is 179 Å². The second-order valence-electron chi connectivity index (χ2n) is 8.25. The van der Waals surface area contributed by atoms with Crippen LogP contribution in [-0.2, 0) is 0 Å². The van der Waals surface area contributed by atoms with Crippen LogP contribution in [0, 0.1) is 11.7 Å². The average molecular weight is 424 g/mol. The lowest BCUT2D eigenvalue weighted by atomic mass is 9.73. The Morgan fingerprint density at radius 2 is 1.90 bits per heavy atom. The maximum Gasteiger partial charge on any atom is 0.123 e. The van der Waals surface area contributed by atoms with Crippen molar-refractivity contribution in [2.75, 3.05) is 6.61 Å². The van der Waals surface area contributed by atoms with Gasteiger partial charge in [-0.05, 0) is 85.5 Å². The van der Waals surface area contributed by atoms with E-state index in [4.69, 9.17) is 16.6 Å². The summed E-state index contributed by atoms with van der Waals surface area (Å²) in [7, 11) is 0. The van der Waals surface area contributed by atoms with Crippen LogP contribution in [0.1, 0.15) is 48.9 Å². The Morgan fingerprint density at radius 1 is 1.07 bits per heavy atom. The number of nitrogens with zero attached hydrogens (tertiary/aromatic N) is 2. The van der Waals surface area contributed by atoms with Crippen molar-refractivity contribution in [3.05, 3.63) is 70.9 Å². The lowest BCUT2D eigenvalue weighted by Gasteiger charge is -2.33. The molecule has 0 bridgehead atoms.